The second-order valence-corrected chi connectivity index (χ2v) is 6.09. The molecule has 0 spiro atoms. The Labute approximate surface area is 103 Å². The molecule has 3 nitrogen and oxygen atoms in total. The van der Waals surface area contributed by atoms with E-state index in [0.29, 0.717) is 11.5 Å². The molecule has 0 aliphatic carbocycles. The van der Waals surface area contributed by atoms with Crippen LogP contribution in [0.1, 0.15) is 41.5 Å². The molecule has 1 rings (SSSR count). The highest BCUT2D eigenvalue weighted by Crippen LogP contribution is 2.31. The van der Waals surface area contributed by atoms with Crippen molar-refractivity contribution < 1.29 is 14.6 Å². The zero-order valence-corrected chi connectivity index (χ0v) is 11.5. The molecule has 0 radical (unpaired) electrons. The number of ether oxygens (including phenoxy) is 2. The summed E-state index contributed by atoms with van der Waals surface area (Å²) in [6, 6.07) is 4.96. The van der Waals surface area contributed by atoms with Crippen LogP contribution in [0.15, 0.2) is 18.2 Å². The summed E-state index contributed by atoms with van der Waals surface area (Å²) in [4.78, 5) is 0. The third-order valence-corrected chi connectivity index (χ3v) is 1.71. The van der Waals surface area contributed by atoms with Crippen LogP contribution in [0.2, 0.25) is 0 Å². The topological polar surface area (TPSA) is 38.7 Å². The van der Waals surface area contributed by atoms with E-state index in [4.69, 9.17) is 9.47 Å². The lowest BCUT2D eigenvalue weighted by atomic mass is 10.1. The van der Waals surface area contributed by atoms with Gasteiger partial charge >= 0.3 is 0 Å². The van der Waals surface area contributed by atoms with Crippen molar-refractivity contribution in [1.82, 2.24) is 0 Å². The van der Waals surface area contributed by atoms with Crippen LogP contribution in [0, 0.1) is 0 Å². The minimum atomic E-state index is -0.299. The van der Waals surface area contributed by atoms with Crippen LogP contribution < -0.4 is 9.47 Å². The van der Waals surface area contributed by atoms with Gasteiger partial charge in [-0.05, 0) is 41.5 Å². The maximum Gasteiger partial charge on any atom is 0.127 e. The molecule has 0 aromatic heterocycles. The number of rotatable bonds is 2. The van der Waals surface area contributed by atoms with Gasteiger partial charge in [-0.1, -0.05) is 0 Å². The summed E-state index contributed by atoms with van der Waals surface area (Å²) in [6.45, 7) is 11.8. The number of phenols is 1. The van der Waals surface area contributed by atoms with Crippen molar-refractivity contribution in [2.24, 2.45) is 0 Å². The van der Waals surface area contributed by atoms with Gasteiger partial charge in [-0.15, -0.1) is 0 Å². The van der Waals surface area contributed by atoms with E-state index >= 15 is 0 Å². The molecule has 3 heteroatoms. The summed E-state index contributed by atoms with van der Waals surface area (Å²) in [5.74, 6) is 1.36. The van der Waals surface area contributed by atoms with E-state index in [1.54, 1.807) is 18.2 Å². The highest BCUT2D eigenvalue weighted by atomic mass is 16.5. The summed E-state index contributed by atoms with van der Waals surface area (Å²) in [5, 5.41) is 9.63. The third kappa shape index (κ3) is 5.48. The minimum absolute atomic E-state index is 0.144. The Morgan fingerprint density at radius 2 is 1.12 bits per heavy atom. The number of hydrogen-bond donors (Lipinski definition) is 1. The first kappa shape index (κ1) is 13.7. The van der Waals surface area contributed by atoms with Crippen LogP contribution in [0.5, 0.6) is 17.2 Å². The molecule has 0 bridgehead atoms. The Hall–Kier alpha value is -1.38. The van der Waals surface area contributed by atoms with Crippen molar-refractivity contribution in [2.45, 2.75) is 52.7 Å². The molecule has 0 fully saturated rings. The van der Waals surface area contributed by atoms with E-state index in [1.807, 2.05) is 41.5 Å². The van der Waals surface area contributed by atoms with Crippen molar-refractivity contribution in [1.29, 1.82) is 0 Å². The number of phenolic OH excluding ortho intramolecular Hbond substituents is 1. The van der Waals surface area contributed by atoms with Crippen molar-refractivity contribution in [3.05, 3.63) is 18.2 Å². The van der Waals surface area contributed by atoms with E-state index in [9.17, 15) is 5.11 Å². The molecule has 0 heterocycles. The van der Waals surface area contributed by atoms with Gasteiger partial charge in [0.05, 0.1) is 0 Å². The monoisotopic (exact) mass is 238 g/mol. The SMILES string of the molecule is CC(C)(C)Oc1cc(O)cc(OC(C)(C)C)c1. The maximum atomic E-state index is 9.63. The fourth-order valence-corrected chi connectivity index (χ4v) is 1.38. The average molecular weight is 238 g/mol. The Morgan fingerprint density at radius 3 is 1.41 bits per heavy atom. The molecule has 0 aliphatic heterocycles. The van der Waals surface area contributed by atoms with Crippen molar-refractivity contribution >= 4 is 0 Å². The number of hydrogen-bond acceptors (Lipinski definition) is 3. The van der Waals surface area contributed by atoms with E-state index in [1.165, 1.54) is 0 Å². The van der Waals surface area contributed by atoms with E-state index < -0.39 is 0 Å². The summed E-state index contributed by atoms with van der Waals surface area (Å²) in [5.41, 5.74) is -0.598. The van der Waals surface area contributed by atoms with Gasteiger partial charge in [0.15, 0.2) is 0 Å². The fourth-order valence-electron chi connectivity index (χ4n) is 1.38. The first-order valence-electron chi connectivity index (χ1n) is 5.77. The Morgan fingerprint density at radius 1 is 0.765 bits per heavy atom. The smallest absolute Gasteiger partial charge is 0.127 e. The zero-order chi connectivity index (χ0) is 13.3. The molecule has 0 saturated heterocycles. The predicted molar refractivity (Wildman–Crippen MR) is 68.9 cm³/mol. The summed E-state index contributed by atoms with van der Waals surface area (Å²) < 4.78 is 11.4. The Kier molecular flexibility index (Phi) is 3.60. The minimum Gasteiger partial charge on any atom is -0.508 e. The molecule has 0 atom stereocenters. The summed E-state index contributed by atoms with van der Waals surface area (Å²) in [7, 11) is 0. The lowest BCUT2D eigenvalue weighted by Crippen LogP contribution is -2.24. The summed E-state index contributed by atoms with van der Waals surface area (Å²) >= 11 is 0. The first-order chi connectivity index (χ1) is 7.55. The number of aromatic hydroxyl groups is 1. The molecule has 0 amide bonds. The second kappa shape index (κ2) is 4.47. The van der Waals surface area contributed by atoms with Crippen molar-refractivity contribution in [3.63, 3.8) is 0 Å². The first-order valence-corrected chi connectivity index (χ1v) is 5.77. The highest BCUT2D eigenvalue weighted by Gasteiger charge is 2.16. The van der Waals surface area contributed by atoms with Gasteiger partial charge in [-0.25, -0.2) is 0 Å². The average Bonchev–Trinajstić information content (AvgIpc) is 1.93. The fraction of sp³-hybridized carbons (Fsp3) is 0.571. The normalized spacial score (nSPS) is 12.4. The molecule has 0 saturated carbocycles. The molecular weight excluding hydrogens is 216 g/mol. The van der Waals surface area contributed by atoms with E-state index in [-0.39, 0.29) is 17.0 Å². The predicted octanol–water partition coefficient (Wildman–Crippen LogP) is 3.75. The highest BCUT2D eigenvalue weighted by molar-refractivity contribution is 5.41. The lowest BCUT2D eigenvalue weighted by Gasteiger charge is -2.24. The molecule has 1 N–H and O–H groups in total. The van der Waals surface area contributed by atoms with Crippen LogP contribution in [0.25, 0.3) is 0 Å². The van der Waals surface area contributed by atoms with Gasteiger partial charge in [0, 0.05) is 18.2 Å². The van der Waals surface area contributed by atoms with Crippen LogP contribution >= 0.6 is 0 Å². The van der Waals surface area contributed by atoms with Crippen LogP contribution in [-0.4, -0.2) is 16.3 Å². The van der Waals surface area contributed by atoms with Gasteiger partial charge in [0.25, 0.3) is 0 Å². The zero-order valence-electron chi connectivity index (χ0n) is 11.5. The quantitative estimate of drug-likeness (QED) is 0.852. The summed E-state index contributed by atoms with van der Waals surface area (Å²) in [6.07, 6.45) is 0. The van der Waals surface area contributed by atoms with Gasteiger partial charge in [0.1, 0.15) is 28.5 Å². The molecule has 0 unspecified atom stereocenters. The lowest BCUT2D eigenvalue weighted by molar-refractivity contribution is 0.120. The third-order valence-electron chi connectivity index (χ3n) is 1.71. The largest absolute Gasteiger partial charge is 0.508 e. The number of benzene rings is 1. The van der Waals surface area contributed by atoms with Gasteiger partial charge in [0.2, 0.25) is 0 Å². The second-order valence-electron chi connectivity index (χ2n) is 6.09. The van der Waals surface area contributed by atoms with E-state index in [0.717, 1.165) is 0 Å². The molecule has 96 valence electrons. The molecular formula is C14H22O3. The van der Waals surface area contributed by atoms with Crippen LogP contribution in [0.3, 0.4) is 0 Å². The maximum absolute atomic E-state index is 9.63. The molecule has 0 aliphatic rings. The van der Waals surface area contributed by atoms with Crippen molar-refractivity contribution in [2.75, 3.05) is 0 Å². The van der Waals surface area contributed by atoms with E-state index in [2.05, 4.69) is 0 Å². The van der Waals surface area contributed by atoms with Gasteiger partial charge < -0.3 is 14.6 Å². The standard InChI is InChI=1S/C14H22O3/c1-13(2,3)16-11-7-10(15)8-12(9-11)17-14(4,5)6/h7-9,15H,1-6H3. The van der Waals surface area contributed by atoms with Gasteiger partial charge in [-0.2, -0.15) is 0 Å². The molecule has 17 heavy (non-hydrogen) atoms. The Bertz CT molecular complexity index is 349. The Balaban J connectivity index is 2.95. The van der Waals surface area contributed by atoms with Crippen molar-refractivity contribution in [3.8, 4) is 17.2 Å². The van der Waals surface area contributed by atoms with Gasteiger partial charge in [-0.3, -0.25) is 0 Å². The molecule has 1 aromatic rings. The van der Waals surface area contributed by atoms with Crippen LogP contribution in [-0.2, 0) is 0 Å². The molecule has 1 aromatic carbocycles. The van der Waals surface area contributed by atoms with Crippen LogP contribution in [0.4, 0.5) is 0 Å².